The van der Waals surface area contributed by atoms with Gasteiger partial charge in [0.25, 0.3) is 5.91 Å². The van der Waals surface area contributed by atoms with Crippen LogP contribution in [0.4, 0.5) is 10.1 Å². The maximum absolute atomic E-state index is 13.6. The molecule has 0 aromatic heterocycles. The highest BCUT2D eigenvalue weighted by molar-refractivity contribution is 6.01. The maximum atomic E-state index is 13.6. The highest BCUT2D eigenvalue weighted by atomic mass is 19.1. The first kappa shape index (κ1) is 15.9. The van der Waals surface area contributed by atoms with Crippen LogP contribution in [0.25, 0.3) is 0 Å². The van der Waals surface area contributed by atoms with Gasteiger partial charge in [-0.1, -0.05) is 6.07 Å². The van der Waals surface area contributed by atoms with Gasteiger partial charge in [0.15, 0.2) is 0 Å². The molecule has 110 valence electrons. The second kappa shape index (κ2) is 7.47. The summed E-state index contributed by atoms with van der Waals surface area (Å²) in [6.07, 6.45) is 0. The average Bonchev–Trinajstić information content (AvgIpc) is 2.37. The van der Waals surface area contributed by atoms with Crippen LogP contribution in [0.2, 0.25) is 0 Å². The van der Waals surface area contributed by atoms with E-state index < -0.39 is 11.7 Å². The fourth-order valence-corrected chi connectivity index (χ4v) is 1.70. The number of anilines is 1. The molecule has 1 aromatic rings. The lowest BCUT2D eigenvalue weighted by Gasteiger charge is -2.12. The topological polar surface area (TPSA) is 70.2 Å². The van der Waals surface area contributed by atoms with Gasteiger partial charge < -0.3 is 16.0 Å². The van der Waals surface area contributed by atoms with E-state index in [9.17, 15) is 14.0 Å². The summed E-state index contributed by atoms with van der Waals surface area (Å²) in [6, 6.07) is 4.25. The minimum Gasteiger partial charge on any atom is -0.382 e. The van der Waals surface area contributed by atoms with Gasteiger partial charge in [-0.05, 0) is 32.9 Å². The fraction of sp³-hybridized carbons (Fsp3) is 0.429. The molecule has 20 heavy (non-hydrogen) atoms. The van der Waals surface area contributed by atoms with Crippen molar-refractivity contribution in [3.8, 4) is 0 Å². The molecule has 5 nitrogen and oxygen atoms in total. The third-order valence-corrected chi connectivity index (χ3v) is 2.47. The summed E-state index contributed by atoms with van der Waals surface area (Å²) in [5, 5.41) is 7.94. The molecule has 0 bridgehead atoms. The Balaban J connectivity index is 2.73. The zero-order valence-corrected chi connectivity index (χ0v) is 11.9. The van der Waals surface area contributed by atoms with Gasteiger partial charge in [-0.3, -0.25) is 9.59 Å². The minimum atomic E-state index is -0.494. The van der Waals surface area contributed by atoms with E-state index in [0.717, 1.165) is 0 Å². The van der Waals surface area contributed by atoms with Gasteiger partial charge in [0.2, 0.25) is 5.91 Å². The zero-order valence-electron chi connectivity index (χ0n) is 11.9. The first-order chi connectivity index (χ1) is 9.45. The van der Waals surface area contributed by atoms with E-state index in [-0.39, 0.29) is 29.7 Å². The normalized spacial score (nSPS) is 10.2. The molecule has 0 spiro atoms. The van der Waals surface area contributed by atoms with Gasteiger partial charge in [-0.15, -0.1) is 0 Å². The molecule has 1 rings (SSSR count). The van der Waals surface area contributed by atoms with Crippen molar-refractivity contribution in [2.24, 2.45) is 0 Å². The predicted molar refractivity (Wildman–Crippen MR) is 76.2 cm³/mol. The van der Waals surface area contributed by atoms with E-state index in [0.29, 0.717) is 6.54 Å². The third kappa shape index (κ3) is 4.53. The second-order valence-electron chi connectivity index (χ2n) is 4.60. The van der Waals surface area contributed by atoms with Gasteiger partial charge in [0.1, 0.15) is 5.82 Å². The number of hydrogen-bond acceptors (Lipinski definition) is 3. The summed E-state index contributed by atoms with van der Waals surface area (Å²) in [5.74, 6) is -1.26. The van der Waals surface area contributed by atoms with Crippen molar-refractivity contribution in [3.05, 3.63) is 29.6 Å². The van der Waals surface area contributed by atoms with Crippen molar-refractivity contribution >= 4 is 17.5 Å². The summed E-state index contributed by atoms with van der Waals surface area (Å²) in [5.41, 5.74) is 0.334. The van der Waals surface area contributed by atoms with Crippen molar-refractivity contribution in [3.63, 3.8) is 0 Å². The van der Waals surface area contributed by atoms with Gasteiger partial charge in [0.05, 0.1) is 17.8 Å². The molecule has 0 atom stereocenters. The van der Waals surface area contributed by atoms with Crippen LogP contribution in [0, 0.1) is 5.82 Å². The van der Waals surface area contributed by atoms with Gasteiger partial charge in [0, 0.05) is 12.6 Å². The highest BCUT2D eigenvalue weighted by Gasteiger charge is 2.15. The summed E-state index contributed by atoms with van der Waals surface area (Å²) in [6.45, 7) is 5.82. The summed E-state index contributed by atoms with van der Waals surface area (Å²) in [7, 11) is 0. The standard InChI is InChI=1S/C14H20FN3O2/c1-4-16-13-10(6-5-7-11(13)15)14(20)17-8-12(19)18-9(2)3/h5-7,9,16H,4,8H2,1-3H3,(H,17,20)(H,18,19). The van der Waals surface area contributed by atoms with Crippen molar-refractivity contribution in [1.82, 2.24) is 10.6 Å². The molecule has 0 aliphatic rings. The van der Waals surface area contributed by atoms with E-state index >= 15 is 0 Å². The average molecular weight is 281 g/mol. The van der Waals surface area contributed by atoms with E-state index in [1.807, 2.05) is 20.8 Å². The SMILES string of the molecule is CCNc1c(F)cccc1C(=O)NCC(=O)NC(C)C. The van der Waals surface area contributed by atoms with Crippen LogP contribution in [-0.2, 0) is 4.79 Å². The lowest BCUT2D eigenvalue weighted by Crippen LogP contribution is -2.40. The van der Waals surface area contributed by atoms with Crippen LogP contribution in [0.5, 0.6) is 0 Å². The Kier molecular flexibility index (Phi) is 5.96. The first-order valence-corrected chi connectivity index (χ1v) is 6.55. The molecule has 0 saturated carbocycles. The quantitative estimate of drug-likeness (QED) is 0.740. The zero-order chi connectivity index (χ0) is 15.1. The Morgan fingerprint density at radius 3 is 2.60 bits per heavy atom. The Labute approximate surface area is 117 Å². The lowest BCUT2D eigenvalue weighted by atomic mass is 10.1. The number of nitrogens with one attached hydrogen (secondary N) is 3. The Morgan fingerprint density at radius 2 is 2.00 bits per heavy atom. The predicted octanol–water partition coefficient (Wildman–Crippen LogP) is 1.51. The Hall–Kier alpha value is -2.11. The van der Waals surface area contributed by atoms with Crippen molar-refractivity contribution < 1.29 is 14.0 Å². The van der Waals surface area contributed by atoms with Gasteiger partial charge in [-0.25, -0.2) is 4.39 Å². The number of carbonyl (C=O) groups excluding carboxylic acids is 2. The van der Waals surface area contributed by atoms with Crippen LogP contribution in [0.1, 0.15) is 31.1 Å². The van der Waals surface area contributed by atoms with E-state index in [1.165, 1.54) is 18.2 Å². The van der Waals surface area contributed by atoms with E-state index in [2.05, 4.69) is 16.0 Å². The molecule has 6 heteroatoms. The first-order valence-electron chi connectivity index (χ1n) is 6.55. The van der Waals surface area contributed by atoms with E-state index in [4.69, 9.17) is 0 Å². The molecule has 2 amide bonds. The van der Waals surface area contributed by atoms with Crippen molar-refractivity contribution in [2.75, 3.05) is 18.4 Å². The van der Waals surface area contributed by atoms with Crippen LogP contribution in [0.3, 0.4) is 0 Å². The number of carbonyl (C=O) groups is 2. The largest absolute Gasteiger partial charge is 0.382 e. The van der Waals surface area contributed by atoms with Crippen LogP contribution < -0.4 is 16.0 Å². The molecule has 0 fully saturated rings. The van der Waals surface area contributed by atoms with Gasteiger partial charge >= 0.3 is 0 Å². The summed E-state index contributed by atoms with van der Waals surface area (Å²) < 4.78 is 13.6. The summed E-state index contributed by atoms with van der Waals surface area (Å²) in [4.78, 5) is 23.4. The van der Waals surface area contributed by atoms with Gasteiger partial charge in [-0.2, -0.15) is 0 Å². The molecular weight excluding hydrogens is 261 g/mol. The maximum Gasteiger partial charge on any atom is 0.253 e. The molecule has 0 aliphatic heterocycles. The molecule has 0 unspecified atom stereocenters. The smallest absolute Gasteiger partial charge is 0.253 e. The lowest BCUT2D eigenvalue weighted by molar-refractivity contribution is -0.120. The minimum absolute atomic E-state index is 0.00545. The van der Waals surface area contributed by atoms with Crippen LogP contribution in [0.15, 0.2) is 18.2 Å². The van der Waals surface area contributed by atoms with Crippen LogP contribution >= 0.6 is 0 Å². The second-order valence-corrected chi connectivity index (χ2v) is 4.60. The van der Waals surface area contributed by atoms with Crippen LogP contribution in [-0.4, -0.2) is 30.9 Å². The monoisotopic (exact) mass is 281 g/mol. The summed E-state index contributed by atoms with van der Waals surface area (Å²) >= 11 is 0. The highest BCUT2D eigenvalue weighted by Crippen LogP contribution is 2.19. The number of benzene rings is 1. The number of amides is 2. The molecule has 3 N–H and O–H groups in total. The third-order valence-electron chi connectivity index (χ3n) is 2.47. The van der Waals surface area contributed by atoms with Crippen molar-refractivity contribution in [1.29, 1.82) is 0 Å². The molecule has 1 aromatic carbocycles. The van der Waals surface area contributed by atoms with E-state index in [1.54, 1.807) is 0 Å². The molecule has 0 saturated heterocycles. The molecule has 0 aliphatic carbocycles. The number of hydrogen-bond donors (Lipinski definition) is 3. The molecule has 0 radical (unpaired) electrons. The Bertz CT molecular complexity index is 489. The Morgan fingerprint density at radius 1 is 1.30 bits per heavy atom. The number of halogens is 1. The van der Waals surface area contributed by atoms with Crippen molar-refractivity contribution in [2.45, 2.75) is 26.8 Å². The molecule has 0 heterocycles. The molecular formula is C14H20FN3O2. The number of para-hydroxylation sites is 1. The fourth-order valence-electron chi connectivity index (χ4n) is 1.70. The number of rotatable bonds is 6.